The van der Waals surface area contributed by atoms with E-state index in [0.717, 1.165) is 16.4 Å². The van der Waals surface area contributed by atoms with Crippen molar-refractivity contribution in [1.29, 1.82) is 0 Å². The van der Waals surface area contributed by atoms with Gasteiger partial charge in [0.1, 0.15) is 5.65 Å². The lowest BCUT2D eigenvalue weighted by molar-refractivity contribution is -0.141. The molecule has 0 radical (unpaired) electrons. The summed E-state index contributed by atoms with van der Waals surface area (Å²) >= 11 is 0. The molecule has 0 bridgehead atoms. The van der Waals surface area contributed by atoms with E-state index in [1.807, 2.05) is 12.1 Å². The van der Waals surface area contributed by atoms with Gasteiger partial charge in [0.15, 0.2) is 11.5 Å². The van der Waals surface area contributed by atoms with Crippen LogP contribution < -0.4 is 5.73 Å². The van der Waals surface area contributed by atoms with Crippen molar-refractivity contribution in [3.8, 4) is 5.82 Å². The number of hydrogen-bond donors (Lipinski definition) is 1. The number of nitrogens with two attached hydrogens (primary N) is 1. The fraction of sp³-hybridized carbons (Fsp3) is 0.231. The molecular formula is C13H12F3N5. The van der Waals surface area contributed by atoms with Gasteiger partial charge >= 0.3 is 6.18 Å². The van der Waals surface area contributed by atoms with E-state index in [1.54, 1.807) is 16.7 Å². The molecule has 0 fully saturated rings. The topological polar surface area (TPSA) is 61.1 Å². The highest BCUT2D eigenvalue weighted by Gasteiger charge is 2.34. The highest BCUT2D eigenvalue weighted by atomic mass is 19.4. The SMILES string of the molecule is NCCc1c(-n2ccc(C(F)(F)F)n2)nc2ccccn12. The monoisotopic (exact) mass is 295 g/mol. The molecule has 0 saturated carbocycles. The minimum Gasteiger partial charge on any atom is -0.330 e. The molecular weight excluding hydrogens is 283 g/mol. The Labute approximate surface area is 117 Å². The Hall–Kier alpha value is -2.35. The van der Waals surface area contributed by atoms with Crippen molar-refractivity contribution in [3.63, 3.8) is 0 Å². The summed E-state index contributed by atoms with van der Waals surface area (Å²) in [7, 11) is 0. The molecule has 0 aliphatic heterocycles. The Morgan fingerprint density at radius 2 is 1.95 bits per heavy atom. The largest absolute Gasteiger partial charge is 0.435 e. The predicted molar refractivity (Wildman–Crippen MR) is 70.1 cm³/mol. The summed E-state index contributed by atoms with van der Waals surface area (Å²) in [6.45, 7) is 0.364. The van der Waals surface area contributed by atoms with Crippen LogP contribution in [0.25, 0.3) is 11.5 Å². The van der Waals surface area contributed by atoms with Crippen LogP contribution in [0.1, 0.15) is 11.4 Å². The molecule has 0 unspecified atom stereocenters. The van der Waals surface area contributed by atoms with E-state index in [1.165, 1.54) is 6.20 Å². The normalized spacial score (nSPS) is 12.2. The maximum atomic E-state index is 12.6. The van der Waals surface area contributed by atoms with Crippen molar-refractivity contribution in [2.45, 2.75) is 12.6 Å². The number of aromatic nitrogens is 4. The highest BCUT2D eigenvalue weighted by molar-refractivity contribution is 5.48. The first-order chi connectivity index (χ1) is 10.0. The van der Waals surface area contributed by atoms with Crippen molar-refractivity contribution in [3.05, 3.63) is 48.0 Å². The van der Waals surface area contributed by atoms with Gasteiger partial charge in [-0.2, -0.15) is 18.3 Å². The van der Waals surface area contributed by atoms with Crippen LogP contribution in [0.3, 0.4) is 0 Å². The molecule has 110 valence electrons. The predicted octanol–water partition coefficient (Wildman–Crippen LogP) is 2.04. The number of alkyl halides is 3. The van der Waals surface area contributed by atoms with Crippen molar-refractivity contribution in [2.75, 3.05) is 6.54 Å². The number of halogens is 3. The van der Waals surface area contributed by atoms with Crippen LogP contribution in [-0.2, 0) is 12.6 Å². The van der Waals surface area contributed by atoms with Crippen molar-refractivity contribution >= 4 is 5.65 Å². The number of nitrogens with zero attached hydrogens (tertiary/aromatic N) is 4. The van der Waals surface area contributed by atoms with Crippen molar-refractivity contribution in [2.24, 2.45) is 5.73 Å². The maximum Gasteiger partial charge on any atom is 0.435 e. The Morgan fingerprint density at radius 1 is 1.14 bits per heavy atom. The smallest absolute Gasteiger partial charge is 0.330 e. The average molecular weight is 295 g/mol. The Bertz CT molecular complexity index is 772. The number of rotatable bonds is 3. The van der Waals surface area contributed by atoms with Crippen LogP contribution >= 0.6 is 0 Å². The molecule has 3 rings (SSSR count). The first-order valence-electron chi connectivity index (χ1n) is 6.30. The third-order valence-corrected chi connectivity index (χ3v) is 3.09. The Kier molecular flexibility index (Phi) is 3.17. The molecule has 0 aromatic carbocycles. The van der Waals surface area contributed by atoms with Gasteiger partial charge in [-0.25, -0.2) is 9.67 Å². The molecule has 2 N–H and O–H groups in total. The van der Waals surface area contributed by atoms with Gasteiger partial charge in [0.25, 0.3) is 0 Å². The third kappa shape index (κ3) is 2.38. The summed E-state index contributed by atoms with van der Waals surface area (Å²) in [4.78, 5) is 4.34. The number of imidazole rings is 1. The molecule has 21 heavy (non-hydrogen) atoms. The molecule has 8 heteroatoms. The molecule has 0 aliphatic carbocycles. The molecule has 0 aliphatic rings. The first kappa shape index (κ1) is 13.6. The van der Waals surface area contributed by atoms with Gasteiger partial charge in [0.05, 0.1) is 5.69 Å². The first-order valence-corrected chi connectivity index (χ1v) is 6.30. The van der Waals surface area contributed by atoms with E-state index in [0.29, 0.717) is 24.4 Å². The molecule has 0 amide bonds. The Balaban J connectivity index is 2.15. The fourth-order valence-corrected chi connectivity index (χ4v) is 2.18. The summed E-state index contributed by atoms with van der Waals surface area (Å²) in [5, 5.41) is 3.56. The fourth-order valence-electron chi connectivity index (χ4n) is 2.18. The molecule has 0 spiro atoms. The van der Waals surface area contributed by atoms with Gasteiger partial charge in [0.2, 0.25) is 0 Å². The lowest BCUT2D eigenvalue weighted by Gasteiger charge is -2.04. The second-order valence-electron chi connectivity index (χ2n) is 4.49. The van der Waals surface area contributed by atoms with Gasteiger partial charge in [-0.1, -0.05) is 6.07 Å². The number of fused-ring (bicyclic) bond motifs is 1. The zero-order chi connectivity index (χ0) is 15.0. The summed E-state index contributed by atoms with van der Waals surface area (Å²) in [6, 6.07) is 6.33. The van der Waals surface area contributed by atoms with E-state index in [9.17, 15) is 13.2 Å². The second-order valence-corrected chi connectivity index (χ2v) is 4.49. The standard InChI is InChI=1S/C13H12F3N5/c14-13(15,16)10-5-8-21(19-10)12-9(4-6-17)20-7-2-1-3-11(20)18-12/h1-3,5,7-8H,4,6,17H2. The van der Waals surface area contributed by atoms with Gasteiger partial charge in [-0.15, -0.1) is 0 Å². The zero-order valence-corrected chi connectivity index (χ0v) is 10.9. The zero-order valence-electron chi connectivity index (χ0n) is 10.9. The van der Waals surface area contributed by atoms with Crippen LogP contribution in [0.15, 0.2) is 36.7 Å². The van der Waals surface area contributed by atoms with Crippen molar-refractivity contribution < 1.29 is 13.2 Å². The highest BCUT2D eigenvalue weighted by Crippen LogP contribution is 2.28. The molecule has 0 atom stereocenters. The lowest BCUT2D eigenvalue weighted by Crippen LogP contribution is -2.10. The van der Waals surface area contributed by atoms with Gasteiger partial charge in [-0.3, -0.25) is 0 Å². The molecule has 3 aromatic rings. The van der Waals surface area contributed by atoms with Gasteiger partial charge < -0.3 is 10.1 Å². The van der Waals surface area contributed by atoms with Gasteiger partial charge in [0, 0.05) is 18.8 Å². The summed E-state index contributed by atoms with van der Waals surface area (Å²) < 4.78 is 40.9. The third-order valence-electron chi connectivity index (χ3n) is 3.09. The summed E-state index contributed by atoms with van der Waals surface area (Å²) in [5.41, 5.74) is 6.00. The quantitative estimate of drug-likeness (QED) is 0.804. The lowest BCUT2D eigenvalue weighted by atomic mass is 10.3. The summed E-state index contributed by atoms with van der Waals surface area (Å²) in [5.74, 6) is 0.363. The molecule has 3 heterocycles. The van der Waals surface area contributed by atoms with Crippen LogP contribution in [-0.4, -0.2) is 25.7 Å². The van der Waals surface area contributed by atoms with E-state index >= 15 is 0 Å². The summed E-state index contributed by atoms with van der Waals surface area (Å²) in [6.07, 6.45) is -0.935. The Morgan fingerprint density at radius 3 is 2.62 bits per heavy atom. The van der Waals surface area contributed by atoms with E-state index in [-0.39, 0.29) is 0 Å². The van der Waals surface area contributed by atoms with Crippen LogP contribution in [0, 0.1) is 0 Å². The maximum absolute atomic E-state index is 12.6. The van der Waals surface area contributed by atoms with E-state index in [4.69, 9.17) is 5.73 Å². The van der Waals surface area contributed by atoms with Crippen LogP contribution in [0.5, 0.6) is 0 Å². The van der Waals surface area contributed by atoms with Crippen LogP contribution in [0.2, 0.25) is 0 Å². The van der Waals surface area contributed by atoms with Crippen molar-refractivity contribution in [1.82, 2.24) is 19.2 Å². The number of hydrogen-bond acceptors (Lipinski definition) is 3. The minimum atomic E-state index is -4.47. The van der Waals surface area contributed by atoms with E-state index in [2.05, 4.69) is 10.1 Å². The second kappa shape index (κ2) is 4.88. The van der Waals surface area contributed by atoms with E-state index < -0.39 is 11.9 Å². The molecule has 5 nitrogen and oxygen atoms in total. The van der Waals surface area contributed by atoms with Crippen LogP contribution in [0.4, 0.5) is 13.2 Å². The minimum absolute atomic E-state index is 0.363. The molecule has 0 saturated heterocycles. The van der Waals surface area contributed by atoms with Gasteiger partial charge in [-0.05, 0) is 24.7 Å². The average Bonchev–Trinajstić information content (AvgIpc) is 3.03. The molecule has 3 aromatic heterocycles. The number of pyridine rings is 1.